The normalized spacial score (nSPS) is 14.0. The van der Waals surface area contributed by atoms with E-state index in [2.05, 4.69) is 51.8 Å². The summed E-state index contributed by atoms with van der Waals surface area (Å²) in [6.45, 7) is 10.0. The summed E-state index contributed by atoms with van der Waals surface area (Å²) >= 11 is 0. The molecule has 0 aliphatic heterocycles. The lowest BCUT2D eigenvalue weighted by Gasteiger charge is -2.09. The van der Waals surface area contributed by atoms with E-state index in [9.17, 15) is 0 Å². The molecule has 0 N–H and O–H groups in total. The molecule has 1 unspecified atom stereocenters. The van der Waals surface area contributed by atoms with Crippen LogP contribution in [0, 0.1) is 24.2 Å². The third kappa shape index (κ3) is 13.2. The minimum atomic E-state index is 0.389. The summed E-state index contributed by atoms with van der Waals surface area (Å²) in [5, 5.41) is 0. The van der Waals surface area contributed by atoms with Crippen molar-refractivity contribution >= 4 is 0 Å². The van der Waals surface area contributed by atoms with E-state index in [1.165, 1.54) is 24.8 Å². The predicted octanol–water partition coefficient (Wildman–Crippen LogP) is 4.99. The van der Waals surface area contributed by atoms with Gasteiger partial charge in [0.25, 0.3) is 0 Å². The Kier molecular flexibility index (Phi) is 11.4. The smallest absolute Gasteiger partial charge is 0.107 e. The Balaban J connectivity index is 3.72. The highest BCUT2D eigenvalue weighted by Gasteiger charge is 2.00. The van der Waals surface area contributed by atoms with Crippen molar-refractivity contribution in [1.82, 2.24) is 0 Å². The second-order valence-electron chi connectivity index (χ2n) is 5.74. The van der Waals surface area contributed by atoms with E-state index in [1.54, 1.807) is 0 Å². The molecule has 0 spiro atoms. The molecule has 0 aromatic heterocycles. The zero-order valence-corrected chi connectivity index (χ0v) is 13.1. The van der Waals surface area contributed by atoms with E-state index in [4.69, 9.17) is 11.2 Å². The first-order chi connectivity index (χ1) is 9.06. The van der Waals surface area contributed by atoms with Crippen LogP contribution in [0.15, 0.2) is 23.8 Å². The molecule has 0 amide bonds. The predicted molar refractivity (Wildman–Crippen MR) is 85.0 cm³/mol. The molecule has 0 aromatic carbocycles. The second kappa shape index (κ2) is 12.1. The number of terminal acetylenes is 1. The van der Waals surface area contributed by atoms with E-state index in [-0.39, 0.29) is 0 Å². The van der Waals surface area contributed by atoms with Crippen LogP contribution < -0.4 is 0 Å². The van der Waals surface area contributed by atoms with Gasteiger partial charge in [0.15, 0.2) is 0 Å². The van der Waals surface area contributed by atoms with E-state index in [0.717, 1.165) is 18.3 Å². The Morgan fingerprint density at radius 3 is 2.63 bits per heavy atom. The lowest BCUT2D eigenvalue weighted by Crippen LogP contribution is -1.95. The quantitative estimate of drug-likeness (QED) is 0.306. The third-order valence-electron chi connectivity index (χ3n) is 3.11. The van der Waals surface area contributed by atoms with Crippen molar-refractivity contribution in [1.29, 1.82) is 0 Å². The Bertz CT molecular complexity index is 304. The van der Waals surface area contributed by atoms with E-state index < -0.39 is 0 Å². The maximum Gasteiger partial charge on any atom is 0.107 e. The van der Waals surface area contributed by atoms with Crippen LogP contribution in [-0.4, -0.2) is 13.2 Å². The van der Waals surface area contributed by atoms with Crippen molar-refractivity contribution in [2.45, 2.75) is 53.4 Å². The molecule has 0 rings (SSSR count). The van der Waals surface area contributed by atoms with E-state index in [1.807, 2.05) is 0 Å². The van der Waals surface area contributed by atoms with Crippen molar-refractivity contribution in [2.75, 3.05) is 13.2 Å². The summed E-state index contributed by atoms with van der Waals surface area (Å²) in [6.07, 6.45) is 16.8. The summed E-state index contributed by atoms with van der Waals surface area (Å²) in [6, 6.07) is 0. The molecule has 1 nitrogen and oxygen atoms in total. The van der Waals surface area contributed by atoms with Gasteiger partial charge in [0.1, 0.15) is 6.61 Å². The molecule has 0 radical (unpaired) electrons. The van der Waals surface area contributed by atoms with Crippen LogP contribution in [0.3, 0.4) is 0 Å². The van der Waals surface area contributed by atoms with Crippen molar-refractivity contribution in [2.24, 2.45) is 11.8 Å². The Hall–Kier alpha value is -1.00. The van der Waals surface area contributed by atoms with Crippen molar-refractivity contribution < 1.29 is 4.74 Å². The molecule has 0 aliphatic carbocycles. The van der Waals surface area contributed by atoms with Gasteiger partial charge in [-0.2, -0.15) is 0 Å². The van der Waals surface area contributed by atoms with Gasteiger partial charge in [-0.05, 0) is 25.2 Å². The third-order valence-corrected chi connectivity index (χ3v) is 3.11. The molecule has 0 aromatic rings. The van der Waals surface area contributed by atoms with Gasteiger partial charge < -0.3 is 4.74 Å². The van der Waals surface area contributed by atoms with Crippen molar-refractivity contribution in [3.63, 3.8) is 0 Å². The van der Waals surface area contributed by atoms with Crippen LogP contribution in [0.2, 0.25) is 0 Å². The minimum Gasteiger partial charge on any atom is -0.365 e. The van der Waals surface area contributed by atoms with Gasteiger partial charge in [-0.3, -0.25) is 0 Å². The van der Waals surface area contributed by atoms with Gasteiger partial charge in [-0.1, -0.05) is 69.8 Å². The molecular weight excluding hydrogens is 232 g/mol. The maximum absolute atomic E-state index is 5.21. The number of hydrogen-bond acceptors (Lipinski definition) is 1. The van der Waals surface area contributed by atoms with Crippen LogP contribution in [0.1, 0.15) is 53.4 Å². The van der Waals surface area contributed by atoms with Gasteiger partial charge in [-0.15, -0.1) is 6.42 Å². The van der Waals surface area contributed by atoms with Gasteiger partial charge >= 0.3 is 0 Å². The number of rotatable bonds is 10. The second-order valence-corrected chi connectivity index (χ2v) is 5.74. The highest BCUT2D eigenvalue weighted by molar-refractivity contribution is 5.15. The standard InChI is InChI=1S/C18H30O/c1-6-14-19-15-13-18(5)12-8-11-17(4)10-7-9-16(2)3/h1,8,12-13,16-17H,7,9-11,14-15H2,2-5H3/b12-8+,18-13+. The van der Waals surface area contributed by atoms with E-state index in [0.29, 0.717) is 13.2 Å². The number of hydrogen-bond donors (Lipinski definition) is 0. The number of ether oxygens (including phenoxy) is 1. The van der Waals surface area contributed by atoms with Crippen LogP contribution in [0.25, 0.3) is 0 Å². The molecule has 0 bridgehead atoms. The maximum atomic E-state index is 5.21. The SMILES string of the molecule is C#CCOC/C=C(C)/C=C/CC(C)CCCC(C)C. The summed E-state index contributed by atoms with van der Waals surface area (Å²) in [4.78, 5) is 0. The monoisotopic (exact) mass is 262 g/mol. The fourth-order valence-electron chi connectivity index (χ4n) is 1.85. The lowest BCUT2D eigenvalue weighted by atomic mass is 9.97. The van der Waals surface area contributed by atoms with Crippen LogP contribution in [0.4, 0.5) is 0 Å². The van der Waals surface area contributed by atoms with Crippen molar-refractivity contribution in [3.8, 4) is 12.3 Å². The first-order valence-corrected chi connectivity index (χ1v) is 7.40. The van der Waals surface area contributed by atoms with Crippen molar-refractivity contribution in [3.05, 3.63) is 23.8 Å². The van der Waals surface area contributed by atoms with Gasteiger partial charge in [0.05, 0.1) is 6.61 Å². The molecule has 108 valence electrons. The summed E-state index contributed by atoms with van der Waals surface area (Å²) in [7, 11) is 0. The summed E-state index contributed by atoms with van der Waals surface area (Å²) < 4.78 is 5.21. The largest absolute Gasteiger partial charge is 0.365 e. The van der Waals surface area contributed by atoms with Crippen LogP contribution >= 0.6 is 0 Å². The average Bonchev–Trinajstić information content (AvgIpc) is 2.34. The van der Waals surface area contributed by atoms with Gasteiger partial charge in [-0.25, -0.2) is 0 Å². The molecule has 1 atom stereocenters. The zero-order chi connectivity index (χ0) is 14.5. The molecule has 1 heteroatoms. The fraction of sp³-hybridized carbons (Fsp3) is 0.667. The zero-order valence-electron chi connectivity index (χ0n) is 13.1. The van der Waals surface area contributed by atoms with Gasteiger partial charge in [0, 0.05) is 0 Å². The topological polar surface area (TPSA) is 9.23 Å². The Morgan fingerprint density at radius 1 is 1.26 bits per heavy atom. The highest BCUT2D eigenvalue weighted by Crippen LogP contribution is 2.15. The Labute approximate surface area is 120 Å². The number of allylic oxidation sites excluding steroid dienone is 3. The molecule has 19 heavy (non-hydrogen) atoms. The van der Waals surface area contributed by atoms with E-state index >= 15 is 0 Å². The van der Waals surface area contributed by atoms with Gasteiger partial charge in [0.2, 0.25) is 0 Å². The lowest BCUT2D eigenvalue weighted by molar-refractivity contribution is 0.199. The molecule has 0 saturated heterocycles. The first-order valence-electron chi connectivity index (χ1n) is 7.40. The Morgan fingerprint density at radius 2 is 2.00 bits per heavy atom. The molecular formula is C18H30O. The molecule has 0 heterocycles. The summed E-state index contributed by atoms with van der Waals surface area (Å²) in [5.74, 6) is 4.07. The first kappa shape index (κ1) is 18.0. The summed E-state index contributed by atoms with van der Waals surface area (Å²) in [5.41, 5.74) is 1.24. The highest BCUT2D eigenvalue weighted by atomic mass is 16.5. The van der Waals surface area contributed by atoms with Crippen LogP contribution in [0.5, 0.6) is 0 Å². The fourth-order valence-corrected chi connectivity index (χ4v) is 1.85. The molecule has 0 saturated carbocycles. The minimum absolute atomic E-state index is 0.389. The molecule has 0 aliphatic rings. The average molecular weight is 262 g/mol. The van der Waals surface area contributed by atoms with Crippen LogP contribution in [-0.2, 0) is 4.74 Å². The molecule has 0 fully saturated rings.